The van der Waals surface area contributed by atoms with Gasteiger partial charge in [0.05, 0.1) is 0 Å². The van der Waals surface area contributed by atoms with Gasteiger partial charge in [0.25, 0.3) is 0 Å². The molecule has 1 fully saturated rings. The first-order valence-corrected chi connectivity index (χ1v) is 6.35. The molecule has 0 unspecified atom stereocenters. The van der Waals surface area contributed by atoms with Gasteiger partial charge >= 0.3 is 0 Å². The van der Waals surface area contributed by atoms with E-state index in [2.05, 4.69) is 6.92 Å². The highest BCUT2D eigenvalue weighted by atomic mass is 16.3. The summed E-state index contributed by atoms with van der Waals surface area (Å²) in [5, 5.41) is 10.5. The van der Waals surface area contributed by atoms with Crippen LogP contribution in [-0.4, -0.2) is 16.5 Å². The van der Waals surface area contributed by atoms with Gasteiger partial charge in [-0.2, -0.15) is 0 Å². The predicted molar refractivity (Wildman–Crippen MR) is 68.1 cm³/mol. The number of carbonyl (C=O) groups excluding carboxylic acids is 1. The van der Waals surface area contributed by atoms with Crippen molar-refractivity contribution in [1.82, 2.24) is 0 Å². The summed E-state index contributed by atoms with van der Waals surface area (Å²) < 4.78 is 0. The standard InChI is InChI=1S/C15H20O2/c1-11-6-8-15(17,9-7-11)14(16)13-5-3-4-12(2)10-13/h3-5,10-11,17H,6-9H2,1-2H3. The van der Waals surface area contributed by atoms with Gasteiger partial charge in [0.15, 0.2) is 5.78 Å². The Hall–Kier alpha value is -1.15. The number of rotatable bonds is 2. The van der Waals surface area contributed by atoms with Crippen LogP contribution in [0.25, 0.3) is 0 Å². The van der Waals surface area contributed by atoms with Crippen LogP contribution in [-0.2, 0) is 0 Å². The van der Waals surface area contributed by atoms with E-state index >= 15 is 0 Å². The lowest BCUT2D eigenvalue weighted by atomic mass is 9.76. The van der Waals surface area contributed by atoms with E-state index in [-0.39, 0.29) is 5.78 Å². The van der Waals surface area contributed by atoms with Crippen molar-refractivity contribution in [2.75, 3.05) is 0 Å². The molecule has 0 amide bonds. The quantitative estimate of drug-likeness (QED) is 0.795. The first-order chi connectivity index (χ1) is 8.01. The first-order valence-electron chi connectivity index (χ1n) is 6.35. The second-order valence-corrected chi connectivity index (χ2v) is 5.41. The summed E-state index contributed by atoms with van der Waals surface area (Å²) in [5.41, 5.74) is 0.575. The Morgan fingerprint density at radius 3 is 2.59 bits per heavy atom. The zero-order valence-electron chi connectivity index (χ0n) is 10.6. The molecule has 0 saturated heterocycles. The largest absolute Gasteiger partial charge is 0.382 e. The third-order valence-electron chi connectivity index (χ3n) is 3.80. The number of hydrogen-bond donors (Lipinski definition) is 1. The SMILES string of the molecule is Cc1cccc(C(=O)C2(O)CCC(C)CC2)c1. The zero-order chi connectivity index (χ0) is 12.5. The molecule has 2 nitrogen and oxygen atoms in total. The number of hydrogen-bond acceptors (Lipinski definition) is 2. The van der Waals surface area contributed by atoms with E-state index in [9.17, 15) is 9.90 Å². The maximum absolute atomic E-state index is 12.3. The minimum Gasteiger partial charge on any atom is -0.382 e. The van der Waals surface area contributed by atoms with Gasteiger partial charge in [0.2, 0.25) is 0 Å². The van der Waals surface area contributed by atoms with E-state index < -0.39 is 5.60 Å². The lowest BCUT2D eigenvalue weighted by Gasteiger charge is -2.33. The highest BCUT2D eigenvalue weighted by Gasteiger charge is 2.39. The van der Waals surface area contributed by atoms with Gasteiger partial charge in [-0.25, -0.2) is 0 Å². The number of ketones is 1. The van der Waals surface area contributed by atoms with Crippen LogP contribution in [0.15, 0.2) is 24.3 Å². The molecular weight excluding hydrogens is 212 g/mol. The fourth-order valence-corrected chi connectivity index (χ4v) is 2.52. The number of aliphatic hydroxyl groups is 1. The van der Waals surface area contributed by atoms with Crippen molar-refractivity contribution in [1.29, 1.82) is 0 Å². The smallest absolute Gasteiger partial charge is 0.194 e. The van der Waals surface area contributed by atoms with Gasteiger partial charge < -0.3 is 5.11 Å². The van der Waals surface area contributed by atoms with Gasteiger partial charge in [-0.15, -0.1) is 0 Å². The van der Waals surface area contributed by atoms with Crippen LogP contribution in [0.1, 0.15) is 48.5 Å². The molecule has 92 valence electrons. The molecule has 0 radical (unpaired) electrons. The molecule has 2 rings (SSSR count). The van der Waals surface area contributed by atoms with Gasteiger partial charge in [-0.3, -0.25) is 4.79 Å². The summed E-state index contributed by atoms with van der Waals surface area (Å²) >= 11 is 0. The third kappa shape index (κ3) is 2.58. The molecule has 0 aromatic heterocycles. The third-order valence-corrected chi connectivity index (χ3v) is 3.80. The second-order valence-electron chi connectivity index (χ2n) is 5.41. The highest BCUT2D eigenvalue weighted by molar-refractivity contribution is 6.02. The first kappa shape index (κ1) is 12.3. The minimum atomic E-state index is -1.12. The Morgan fingerprint density at radius 2 is 2.00 bits per heavy atom. The van der Waals surface area contributed by atoms with Crippen molar-refractivity contribution in [2.45, 2.75) is 45.1 Å². The molecule has 0 heterocycles. The van der Waals surface area contributed by atoms with Crippen LogP contribution in [0.4, 0.5) is 0 Å². The van der Waals surface area contributed by atoms with Crippen LogP contribution in [0.2, 0.25) is 0 Å². The molecule has 1 aliphatic carbocycles. The number of Topliss-reactive ketones (excluding diaryl/α,β-unsaturated/α-hetero) is 1. The van der Waals surface area contributed by atoms with E-state index in [1.807, 2.05) is 25.1 Å². The van der Waals surface area contributed by atoms with Gasteiger partial charge in [0, 0.05) is 5.56 Å². The molecule has 0 spiro atoms. The Labute approximate surface area is 103 Å². The Morgan fingerprint density at radius 1 is 1.35 bits per heavy atom. The number of benzene rings is 1. The monoisotopic (exact) mass is 232 g/mol. The van der Waals surface area contributed by atoms with Crippen molar-refractivity contribution >= 4 is 5.78 Å². The number of carbonyl (C=O) groups is 1. The molecule has 0 bridgehead atoms. The molecule has 1 aromatic carbocycles. The van der Waals surface area contributed by atoms with Crippen LogP contribution in [0.5, 0.6) is 0 Å². The average Bonchev–Trinajstić information content (AvgIpc) is 2.32. The summed E-state index contributed by atoms with van der Waals surface area (Å²) in [6, 6.07) is 7.49. The zero-order valence-corrected chi connectivity index (χ0v) is 10.6. The summed E-state index contributed by atoms with van der Waals surface area (Å²) in [5.74, 6) is 0.522. The summed E-state index contributed by atoms with van der Waals surface area (Å²) in [7, 11) is 0. The molecular formula is C15H20O2. The van der Waals surface area contributed by atoms with E-state index in [1.54, 1.807) is 6.07 Å². The molecule has 17 heavy (non-hydrogen) atoms. The lowest BCUT2D eigenvalue weighted by molar-refractivity contribution is 0.00426. The Kier molecular flexibility index (Phi) is 3.34. The lowest BCUT2D eigenvalue weighted by Crippen LogP contribution is -2.41. The van der Waals surface area contributed by atoms with Crippen molar-refractivity contribution in [2.24, 2.45) is 5.92 Å². The molecule has 1 N–H and O–H groups in total. The van der Waals surface area contributed by atoms with Crippen molar-refractivity contribution < 1.29 is 9.90 Å². The molecule has 1 aliphatic rings. The topological polar surface area (TPSA) is 37.3 Å². The summed E-state index contributed by atoms with van der Waals surface area (Å²) in [4.78, 5) is 12.3. The summed E-state index contributed by atoms with van der Waals surface area (Å²) in [6.07, 6.45) is 3.07. The summed E-state index contributed by atoms with van der Waals surface area (Å²) in [6.45, 7) is 4.14. The van der Waals surface area contributed by atoms with Crippen molar-refractivity contribution in [3.05, 3.63) is 35.4 Å². The fraction of sp³-hybridized carbons (Fsp3) is 0.533. The van der Waals surface area contributed by atoms with E-state index in [0.717, 1.165) is 18.4 Å². The molecule has 1 aromatic rings. The molecule has 0 aliphatic heterocycles. The van der Waals surface area contributed by atoms with Crippen LogP contribution in [0, 0.1) is 12.8 Å². The van der Waals surface area contributed by atoms with Crippen LogP contribution >= 0.6 is 0 Å². The maximum atomic E-state index is 12.3. The van der Waals surface area contributed by atoms with Crippen molar-refractivity contribution in [3.63, 3.8) is 0 Å². The Balaban J connectivity index is 2.19. The second kappa shape index (κ2) is 4.61. The normalized spacial score (nSPS) is 29.0. The van der Waals surface area contributed by atoms with E-state index in [0.29, 0.717) is 24.3 Å². The van der Waals surface area contributed by atoms with Gasteiger partial charge in [-0.1, -0.05) is 30.7 Å². The Bertz CT molecular complexity index is 415. The van der Waals surface area contributed by atoms with Crippen LogP contribution < -0.4 is 0 Å². The number of aryl methyl sites for hydroxylation is 1. The minimum absolute atomic E-state index is 0.104. The highest BCUT2D eigenvalue weighted by Crippen LogP contribution is 2.34. The van der Waals surface area contributed by atoms with Crippen LogP contribution in [0.3, 0.4) is 0 Å². The fourth-order valence-electron chi connectivity index (χ4n) is 2.52. The van der Waals surface area contributed by atoms with Gasteiger partial charge in [-0.05, 0) is 44.6 Å². The van der Waals surface area contributed by atoms with E-state index in [1.165, 1.54) is 0 Å². The molecule has 0 atom stereocenters. The molecule has 2 heteroatoms. The van der Waals surface area contributed by atoms with E-state index in [4.69, 9.17) is 0 Å². The molecule has 1 saturated carbocycles. The predicted octanol–water partition coefficient (Wildman–Crippen LogP) is 3.12. The van der Waals surface area contributed by atoms with Crippen molar-refractivity contribution in [3.8, 4) is 0 Å². The maximum Gasteiger partial charge on any atom is 0.194 e. The average molecular weight is 232 g/mol. The van der Waals surface area contributed by atoms with Gasteiger partial charge in [0.1, 0.15) is 5.60 Å².